The topological polar surface area (TPSA) is 118 Å². The number of rotatable bonds is 0. The van der Waals surface area contributed by atoms with Crippen LogP contribution >= 0.6 is 0 Å². The Balaban J connectivity index is 2.76. The number of aromatic nitrogens is 4. The van der Waals surface area contributed by atoms with Crippen LogP contribution in [0.3, 0.4) is 0 Å². The Labute approximate surface area is 92.5 Å². The van der Waals surface area contributed by atoms with Crippen LogP contribution in [-0.2, 0) is 0 Å². The Morgan fingerprint density at radius 1 is 1.24 bits per heavy atom. The fourth-order valence-corrected chi connectivity index (χ4v) is 1.75. The van der Waals surface area contributed by atoms with Gasteiger partial charge in [-0.05, 0) is 12.1 Å². The maximum absolute atomic E-state index is 11.6. The van der Waals surface area contributed by atoms with E-state index < -0.39 is 11.4 Å². The summed E-state index contributed by atoms with van der Waals surface area (Å²) in [5.41, 5.74) is 4.97. The van der Waals surface area contributed by atoms with E-state index in [1.54, 1.807) is 0 Å². The first kappa shape index (κ1) is 9.46. The van der Waals surface area contributed by atoms with Crippen molar-refractivity contribution in [3.63, 3.8) is 0 Å². The molecule has 0 saturated heterocycles. The Kier molecular flexibility index (Phi) is 1.60. The van der Waals surface area contributed by atoms with Gasteiger partial charge in [0.15, 0.2) is 0 Å². The fourth-order valence-electron chi connectivity index (χ4n) is 1.75. The lowest BCUT2D eigenvalue weighted by Gasteiger charge is -2.04. The molecule has 1 aromatic carbocycles. The van der Waals surface area contributed by atoms with Crippen LogP contribution in [0, 0.1) is 0 Å². The number of nitrogen functional groups attached to an aromatic ring is 1. The second-order valence-corrected chi connectivity index (χ2v) is 3.50. The lowest BCUT2D eigenvalue weighted by molar-refractivity contribution is 0.475. The van der Waals surface area contributed by atoms with Crippen LogP contribution in [0.4, 0.5) is 5.95 Å². The largest absolute Gasteiger partial charge is 0.508 e. The number of hydrogen-bond acceptors (Lipinski definition) is 5. The van der Waals surface area contributed by atoms with E-state index in [1.807, 2.05) is 0 Å². The minimum atomic E-state index is -0.676. The van der Waals surface area contributed by atoms with Crippen molar-refractivity contribution in [3.05, 3.63) is 39.2 Å². The predicted molar refractivity (Wildman–Crippen MR) is 59.1 cm³/mol. The zero-order chi connectivity index (χ0) is 12.2. The third kappa shape index (κ3) is 1.14. The van der Waals surface area contributed by atoms with Crippen LogP contribution in [0.25, 0.3) is 11.0 Å². The van der Waals surface area contributed by atoms with Crippen LogP contribution in [0.15, 0.2) is 27.8 Å². The van der Waals surface area contributed by atoms with Gasteiger partial charge in [0.2, 0.25) is 5.95 Å². The van der Waals surface area contributed by atoms with E-state index in [9.17, 15) is 14.7 Å². The van der Waals surface area contributed by atoms with Gasteiger partial charge in [0.05, 0.1) is 11.0 Å². The molecule has 8 heteroatoms. The van der Waals surface area contributed by atoms with E-state index >= 15 is 0 Å². The maximum atomic E-state index is 11.6. The Hall–Kier alpha value is -2.77. The third-order valence-electron chi connectivity index (χ3n) is 2.44. The van der Waals surface area contributed by atoms with Gasteiger partial charge in [0.1, 0.15) is 5.75 Å². The van der Waals surface area contributed by atoms with Gasteiger partial charge in [-0.2, -0.15) is 9.03 Å². The average molecular weight is 233 g/mol. The molecule has 0 saturated carbocycles. The molecule has 3 aromatic rings. The SMILES string of the molecule is Nc1nc2ccc(O)cc2n2c(=O)[nH]c(=O)n12. The van der Waals surface area contributed by atoms with Gasteiger partial charge in [0, 0.05) is 6.07 Å². The van der Waals surface area contributed by atoms with Crippen molar-refractivity contribution in [1.29, 1.82) is 0 Å². The quantitative estimate of drug-likeness (QED) is 0.456. The van der Waals surface area contributed by atoms with Crippen LogP contribution in [0.5, 0.6) is 5.75 Å². The second kappa shape index (κ2) is 2.88. The van der Waals surface area contributed by atoms with Crippen molar-refractivity contribution in [1.82, 2.24) is 19.0 Å². The Morgan fingerprint density at radius 3 is 2.71 bits per heavy atom. The van der Waals surface area contributed by atoms with Crippen molar-refractivity contribution >= 4 is 17.0 Å². The highest BCUT2D eigenvalue weighted by molar-refractivity contribution is 5.76. The molecule has 0 atom stereocenters. The number of nitrogens with one attached hydrogen (secondary N) is 1. The van der Waals surface area contributed by atoms with E-state index in [0.717, 1.165) is 9.03 Å². The zero-order valence-electron chi connectivity index (χ0n) is 8.41. The van der Waals surface area contributed by atoms with Crippen molar-refractivity contribution in [2.75, 3.05) is 5.73 Å². The van der Waals surface area contributed by atoms with Gasteiger partial charge < -0.3 is 10.8 Å². The third-order valence-corrected chi connectivity index (χ3v) is 2.44. The molecule has 0 aliphatic carbocycles. The molecular weight excluding hydrogens is 226 g/mol. The number of aromatic hydroxyl groups is 1. The molecule has 4 N–H and O–H groups in total. The maximum Gasteiger partial charge on any atom is 0.352 e. The summed E-state index contributed by atoms with van der Waals surface area (Å²) in [7, 11) is 0. The van der Waals surface area contributed by atoms with Crippen LogP contribution in [0.1, 0.15) is 0 Å². The molecule has 86 valence electrons. The summed E-state index contributed by atoms with van der Waals surface area (Å²) >= 11 is 0. The summed E-state index contributed by atoms with van der Waals surface area (Å²) in [6.45, 7) is 0. The molecule has 3 rings (SSSR count). The lowest BCUT2D eigenvalue weighted by atomic mass is 10.3. The van der Waals surface area contributed by atoms with Crippen LogP contribution in [-0.4, -0.2) is 24.1 Å². The van der Waals surface area contributed by atoms with Crippen molar-refractivity contribution in [2.24, 2.45) is 0 Å². The summed E-state index contributed by atoms with van der Waals surface area (Å²) in [5.74, 6) is -0.141. The summed E-state index contributed by atoms with van der Waals surface area (Å²) in [4.78, 5) is 29.1. The molecule has 2 aromatic heterocycles. The number of nitrogens with two attached hydrogens (primary N) is 1. The summed E-state index contributed by atoms with van der Waals surface area (Å²) in [6, 6.07) is 4.25. The van der Waals surface area contributed by atoms with Crippen LogP contribution in [0.2, 0.25) is 0 Å². The molecule has 0 radical (unpaired) electrons. The highest BCUT2D eigenvalue weighted by atomic mass is 16.3. The average Bonchev–Trinajstić information content (AvgIpc) is 2.56. The number of phenolic OH excluding ortho intramolecular Hbond substituents is 1. The number of nitrogens with zero attached hydrogens (tertiary/aromatic N) is 3. The summed E-state index contributed by atoms with van der Waals surface area (Å²) < 4.78 is 1.93. The smallest absolute Gasteiger partial charge is 0.352 e. The first-order valence-corrected chi connectivity index (χ1v) is 4.70. The first-order chi connectivity index (χ1) is 8.08. The van der Waals surface area contributed by atoms with Gasteiger partial charge >= 0.3 is 11.4 Å². The lowest BCUT2D eigenvalue weighted by Crippen LogP contribution is -2.19. The standard InChI is InChI=1S/C9H7N5O3/c10-7-11-5-2-1-4(15)3-6(5)13-8(16)12-9(17)14(7)13/h1-3,15H,(H2,10,11)(H,12,16,17). The zero-order valence-corrected chi connectivity index (χ0v) is 8.41. The number of H-pyrrole nitrogens is 1. The van der Waals surface area contributed by atoms with Gasteiger partial charge in [-0.3, -0.25) is 4.98 Å². The normalized spacial score (nSPS) is 11.3. The highest BCUT2D eigenvalue weighted by Gasteiger charge is 2.11. The molecule has 0 fully saturated rings. The fraction of sp³-hybridized carbons (Fsp3) is 0. The Bertz CT molecular complexity index is 857. The van der Waals surface area contributed by atoms with E-state index in [0.29, 0.717) is 11.0 Å². The van der Waals surface area contributed by atoms with Gasteiger partial charge in [-0.1, -0.05) is 0 Å². The van der Waals surface area contributed by atoms with E-state index in [2.05, 4.69) is 9.97 Å². The molecule has 0 aliphatic rings. The number of fused-ring (bicyclic) bond motifs is 3. The monoisotopic (exact) mass is 233 g/mol. The molecule has 0 spiro atoms. The molecular formula is C9H7N5O3. The van der Waals surface area contributed by atoms with E-state index in [1.165, 1.54) is 18.2 Å². The molecule has 17 heavy (non-hydrogen) atoms. The predicted octanol–water partition coefficient (Wildman–Crippen LogP) is -1.08. The summed E-state index contributed by atoms with van der Waals surface area (Å²) in [6.07, 6.45) is 0. The van der Waals surface area contributed by atoms with Gasteiger partial charge in [-0.25, -0.2) is 14.6 Å². The van der Waals surface area contributed by atoms with Gasteiger partial charge in [-0.15, -0.1) is 0 Å². The minimum Gasteiger partial charge on any atom is -0.508 e. The molecule has 8 nitrogen and oxygen atoms in total. The first-order valence-electron chi connectivity index (χ1n) is 4.70. The molecule has 2 heterocycles. The second-order valence-electron chi connectivity index (χ2n) is 3.50. The van der Waals surface area contributed by atoms with Crippen LogP contribution < -0.4 is 17.1 Å². The summed E-state index contributed by atoms with van der Waals surface area (Å²) in [5, 5.41) is 9.38. The molecule has 0 aliphatic heterocycles. The number of phenols is 1. The highest BCUT2D eigenvalue weighted by Crippen LogP contribution is 2.17. The van der Waals surface area contributed by atoms with Crippen molar-refractivity contribution < 1.29 is 5.11 Å². The van der Waals surface area contributed by atoms with Crippen molar-refractivity contribution in [2.45, 2.75) is 0 Å². The molecule has 0 bridgehead atoms. The molecule has 0 unspecified atom stereocenters. The van der Waals surface area contributed by atoms with E-state index in [-0.39, 0.29) is 11.7 Å². The number of aromatic amines is 1. The van der Waals surface area contributed by atoms with E-state index in [4.69, 9.17) is 5.73 Å². The number of anilines is 1. The van der Waals surface area contributed by atoms with Gasteiger partial charge in [0.25, 0.3) is 0 Å². The number of benzene rings is 1. The molecule has 0 amide bonds. The minimum absolute atomic E-state index is 0.0356. The van der Waals surface area contributed by atoms with Crippen molar-refractivity contribution in [3.8, 4) is 5.75 Å². The Morgan fingerprint density at radius 2 is 1.94 bits per heavy atom. The number of hydrogen-bond donors (Lipinski definition) is 3.